The van der Waals surface area contributed by atoms with E-state index >= 15 is 0 Å². The van der Waals surface area contributed by atoms with Gasteiger partial charge in [-0.15, -0.1) is 0 Å². The fourth-order valence-electron chi connectivity index (χ4n) is 2.57. The summed E-state index contributed by atoms with van der Waals surface area (Å²) in [7, 11) is 1.64. The van der Waals surface area contributed by atoms with Gasteiger partial charge in [0.1, 0.15) is 11.5 Å². The second-order valence-corrected chi connectivity index (χ2v) is 4.61. The van der Waals surface area contributed by atoms with Crippen LogP contribution in [0.1, 0.15) is 37.2 Å². The van der Waals surface area contributed by atoms with E-state index in [2.05, 4.69) is 5.48 Å². The lowest BCUT2D eigenvalue weighted by atomic mass is 9.81. The summed E-state index contributed by atoms with van der Waals surface area (Å²) in [5.41, 5.74) is 3.92. The number of aromatic hydroxyl groups is 2. The molecule has 0 saturated heterocycles. The molecule has 1 aliphatic rings. The summed E-state index contributed by atoms with van der Waals surface area (Å²) in [4.78, 5) is 4.93. The molecule has 1 aromatic rings. The Morgan fingerprint density at radius 3 is 2.47 bits per heavy atom. The number of hydroxylamine groups is 1. The molecule has 0 aromatic heterocycles. The monoisotopic (exact) mass is 237 g/mol. The maximum atomic E-state index is 9.81. The molecule has 2 rings (SSSR count). The van der Waals surface area contributed by atoms with Crippen LogP contribution in [0.4, 0.5) is 0 Å². The molecule has 0 unspecified atom stereocenters. The molecule has 4 nitrogen and oxygen atoms in total. The van der Waals surface area contributed by atoms with Gasteiger partial charge in [0.25, 0.3) is 0 Å². The number of hydrogen-bond acceptors (Lipinski definition) is 4. The fourth-order valence-corrected chi connectivity index (χ4v) is 2.57. The molecule has 0 heterocycles. The van der Waals surface area contributed by atoms with Gasteiger partial charge in [-0.2, -0.15) is 5.48 Å². The van der Waals surface area contributed by atoms with E-state index in [4.69, 9.17) is 4.84 Å². The summed E-state index contributed by atoms with van der Waals surface area (Å²) in [5.74, 6) is 0.694. The Morgan fingerprint density at radius 2 is 1.88 bits per heavy atom. The molecular weight excluding hydrogens is 218 g/mol. The minimum absolute atomic E-state index is 0.112. The third-order valence-corrected chi connectivity index (χ3v) is 3.47. The van der Waals surface area contributed by atoms with Crippen LogP contribution >= 0.6 is 0 Å². The average Bonchev–Trinajstić information content (AvgIpc) is 2.31. The smallest absolute Gasteiger partial charge is 0.122 e. The average molecular weight is 237 g/mol. The van der Waals surface area contributed by atoms with Crippen LogP contribution in [0.2, 0.25) is 0 Å². The van der Waals surface area contributed by atoms with Gasteiger partial charge in [-0.25, -0.2) is 0 Å². The van der Waals surface area contributed by atoms with Crippen LogP contribution in [-0.2, 0) is 4.84 Å². The summed E-state index contributed by atoms with van der Waals surface area (Å²) >= 11 is 0. The minimum Gasteiger partial charge on any atom is -0.508 e. The van der Waals surface area contributed by atoms with Crippen LogP contribution in [0.25, 0.3) is 0 Å². The first-order chi connectivity index (χ1) is 8.20. The first-order valence-corrected chi connectivity index (χ1v) is 6.01. The summed E-state index contributed by atoms with van der Waals surface area (Å²) < 4.78 is 0. The number of phenolic OH excluding ortho intramolecular Hbond substituents is 2. The highest BCUT2D eigenvalue weighted by atomic mass is 16.6. The molecular formula is C13H19NO3. The van der Waals surface area contributed by atoms with Crippen LogP contribution in [-0.4, -0.2) is 23.4 Å². The van der Waals surface area contributed by atoms with Crippen LogP contribution < -0.4 is 5.48 Å². The third-order valence-electron chi connectivity index (χ3n) is 3.47. The number of hydrogen-bond donors (Lipinski definition) is 3. The van der Waals surface area contributed by atoms with Gasteiger partial charge in [0.2, 0.25) is 0 Å². The van der Waals surface area contributed by atoms with Gasteiger partial charge in [0.05, 0.1) is 7.11 Å². The lowest BCUT2D eigenvalue weighted by molar-refractivity contribution is 0.0469. The van der Waals surface area contributed by atoms with Gasteiger partial charge in [-0.05, 0) is 43.2 Å². The SMILES string of the molecule is CON[C@H]1CC[C@H](c2ccc(O)cc2O)CC1. The maximum absolute atomic E-state index is 9.81. The Balaban J connectivity index is 2.00. The van der Waals surface area contributed by atoms with E-state index in [0.29, 0.717) is 12.0 Å². The molecule has 0 aliphatic heterocycles. The van der Waals surface area contributed by atoms with E-state index in [-0.39, 0.29) is 11.5 Å². The van der Waals surface area contributed by atoms with Gasteiger partial charge in [-0.1, -0.05) is 6.07 Å². The molecule has 4 heteroatoms. The number of phenols is 2. The number of nitrogens with one attached hydrogen (secondary N) is 1. The molecule has 0 spiro atoms. The van der Waals surface area contributed by atoms with E-state index in [1.54, 1.807) is 13.2 Å². The van der Waals surface area contributed by atoms with Gasteiger partial charge >= 0.3 is 0 Å². The highest BCUT2D eigenvalue weighted by Crippen LogP contribution is 2.38. The summed E-state index contributed by atoms with van der Waals surface area (Å²) in [6.45, 7) is 0. The molecule has 1 fully saturated rings. The van der Waals surface area contributed by atoms with E-state index in [0.717, 1.165) is 31.2 Å². The first-order valence-electron chi connectivity index (χ1n) is 6.01. The van der Waals surface area contributed by atoms with E-state index < -0.39 is 0 Å². The second kappa shape index (κ2) is 5.38. The van der Waals surface area contributed by atoms with Crippen molar-refractivity contribution in [1.29, 1.82) is 0 Å². The lowest BCUT2D eigenvalue weighted by Crippen LogP contribution is -2.31. The van der Waals surface area contributed by atoms with Crippen molar-refractivity contribution in [3.05, 3.63) is 23.8 Å². The zero-order chi connectivity index (χ0) is 12.3. The topological polar surface area (TPSA) is 61.7 Å². The molecule has 1 aromatic carbocycles. The zero-order valence-corrected chi connectivity index (χ0v) is 10.0. The van der Waals surface area contributed by atoms with Crippen molar-refractivity contribution in [3.63, 3.8) is 0 Å². The van der Waals surface area contributed by atoms with Gasteiger partial charge in [0, 0.05) is 12.1 Å². The van der Waals surface area contributed by atoms with Crippen molar-refractivity contribution < 1.29 is 15.1 Å². The van der Waals surface area contributed by atoms with E-state index in [1.165, 1.54) is 6.07 Å². The molecule has 1 aliphatic carbocycles. The van der Waals surface area contributed by atoms with Crippen molar-refractivity contribution in [3.8, 4) is 11.5 Å². The molecule has 94 valence electrons. The van der Waals surface area contributed by atoms with Crippen molar-refractivity contribution in [1.82, 2.24) is 5.48 Å². The predicted molar refractivity (Wildman–Crippen MR) is 64.9 cm³/mol. The maximum Gasteiger partial charge on any atom is 0.122 e. The second-order valence-electron chi connectivity index (χ2n) is 4.61. The molecule has 0 bridgehead atoms. The van der Waals surface area contributed by atoms with Crippen LogP contribution in [0.5, 0.6) is 11.5 Å². The quantitative estimate of drug-likeness (QED) is 0.706. The van der Waals surface area contributed by atoms with E-state index in [9.17, 15) is 10.2 Å². The summed E-state index contributed by atoms with van der Waals surface area (Å²) in [6.07, 6.45) is 4.14. The third kappa shape index (κ3) is 2.90. The Morgan fingerprint density at radius 1 is 1.18 bits per heavy atom. The Hall–Kier alpha value is -1.26. The van der Waals surface area contributed by atoms with Gasteiger partial charge < -0.3 is 15.1 Å². The lowest BCUT2D eigenvalue weighted by Gasteiger charge is -2.29. The molecule has 0 atom stereocenters. The number of benzene rings is 1. The Kier molecular flexibility index (Phi) is 3.86. The fraction of sp³-hybridized carbons (Fsp3) is 0.538. The highest BCUT2D eigenvalue weighted by Gasteiger charge is 2.24. The first kappa shape index (κ1) is 12.2. The zero-order valence-electron chi connectivity index (χ0n) is 10.0. The van der Waals surface area contributed by atoms with Gasteiger partial charge in [-0.3, -0.25) is 0 Å². The van der Waals surface area contributed by atoms with Crippen molar-refractivity contribution in [2.75, 3.05) is 7.11 Å². The molecule has 17 heavy (non-hydrogen) atoms. The van der Waals surface area contributed by atoms with Crippen molar-refractivity contribution in [2.24, 2.45) is 0 Å². The molecule has 3 N–H and O–H groups in total. The Bertz CT molecular complexity index is 373. The highest BCUT2D eigenvalue weighted by molar-refractivity contribution is 5.41. The van der Waals surface area contributed by atoms with Crippen LogP contribution in [0, 0.1) is 0 Å². The number of rotatable bonds is 3. The Labute approximate surface area is 101 Å². The molecule has 0 radical (unpaired) electrons. The van der Waals surface area contributed by atoms with Crippen LogP contribution in [0.3, 0.4) is 0 Å². The largest absolute Gasteiger partial charge is 0.508 e. The minimum atomic E-state index is 0.112. The van der Waals surface area contributed by atoms with E-state index in [1.807, 2.05) is 6.07 Å². The van der Waals surface area contributed by atoms with Crippen molar-refractivity contribution >= 4 is 0 Å². The normalized spacial score (nSPS) is 24.8. The molecule has 0 amide bonds. The standard InChI is InChI=1S/C13H19NO3/c1-17-14-10-4-2-9(3-5-10)12-7-6-11(15)8-13(12)16/h6-10,14-16H,2-5H2,1H3/t9-,10-. The van der Waals surface area contributed by atoms with Crippen molar-refractivity contribution in [2.45, 2.75) is 37.6 Å². The van der Waals surface area contributed by atoms with Crippen LogP contribution in [0.15, 0.2) is 18.2 Å². The van der Waals surface area contributed by atoms with Gasteiger partial charge in [0.15, 0.2) is 0 Å². The molecule has 1 saturated carbocycles. The predicted octanol–water partition coefficient (Wildman–Crippen LogP) is 2.28. The summed E-state index contributed by atoms with van der Waals surface area (Å²) in [5, 5.41) is 19.1. The summed E-state index contributed by atoms with van der Waals surface area (Å²) in [6, 6.07) is 5.28.